The van der Waals surface area contributed by atoms with Crippen molar-refractivity contribution in [2.24, 2.45) is 0 Å². The largest absolute Gasteiger partial charge is 0.483 e. The number of nitrogens with zero attached hydrogens (tertiary/aromatic N) is 1. The topological polar surface area (TPSA) is 91.2 Å². The summed E-state index contributed by atoms with van der Waals surface area (Å²) in [6, 6.07) is 27.2. The highest BCUT2D eigenvalue weighted by molar-refractivity contribution is 6.02. The molecule has 0 aliphatic rings. The highest BCUT2D eigenvalue weighted by atomic mass is 16.5. The van der Waals surface area contributed by atoms with Crippen molar-refractivity contribution in [3.8, 4) is 11.8 Å². The van der Waals surface area contributed by atoms with Crippen molar-refractivity contribution in [1.29, 1.82) is 5.26 Å². The molecule has 160 valence electrons. The fourth-order valence-corrected chi connectivity index (χ4v) is 3.00. The summed E-state index contributed by atoms with van der Waals surface area (Å²) in [5, 5.41) is 15.1. The number of amides is 2. The molecule has 3 aromatic carbocycles. The van der Waals surface area contributed by atoms with Crippen LogP contribution < -0.4 is 15.4 Å². The van der Waals surface area contributed by atoms with Crippen LogP contribution in [-0.4, -0.2) is 18.4 Å². The van der Waals surface area contributed by atoms with Crippen LogP contribution in [0.25, 0.3) is 6.08 Å². The van der Waals surface area contributed by atoms with E-state index in [9.17, 15) is 14.9 Å². The predicted molar refractivity (Wildman–Crippen MR) is 124 cm³/mol. The molecular weight excluding hydrogens is 402 g/mol. The molecule has 0 aliphatic carbocycles. The van der Waals surface area contributed by atoms with E-state index in [2.05, 4.69) is 10.6 Å². The van der Waals surface area contributed by atoms with Gasteiger partial charge in [-0.25, -0.2) is 0 Å². The molecule has 0 aliphatic heterocycles. The standard InChI is InChI=1S/C26H23N3O3/c1-19(20-10-4-2-5-11-20)28-26(31)22(17-27)16-21-12-8-9-15-24(21)32-18-25(30)29-23-13-6-3-7-14-23/h2-16,19H,18H2,1H3,(H,28,31)(H,29,30)/b22-16-/t19-/m0/s1. The lowest BCUT2D eigenvalue weighted by atomic mass is 10.1. The van der Waals surface area contributed by atoms with Crippen molar-refractivity contribution in [1.82, 2.24) is 5.32 Å². The first-order chi connectivity index (χ1) is 15.6. The normalized spacial score (nSPS) is 11.7. The number of ether oxygens (including phenoxy) is 1. The van der Waals surface area contributed by atoms with Gasteiger partial charge in [-0.15, -0.1) is 0 Å². The Morgan fingerprint density at radius 2 is 1.59 bits per heavy atom. The summed E-state index contributed by atoms with van der Waals surface area (Å²) in [5.74, 6) is -0.405. The summed E-state index contributed by atoms with van der Waals surface area (Å²) in [6.45, 7) is 1.64. The first-order valence-corrected chi connectivity index (χ1v) is 10.1. The lowest BCUT2D eigenvalue weighted by Crippen LogP contribution is -2.27. The van der Waals surface area contributed by atoms with E-state index in [1.807, 2.05) is 61.5 Å². The smallest absolute Gasteiger partial charge is 0.262 e. The lowest BCUT2D eigenvalue weighted by Gasteiger charge is -2.14. The minimum absolute atomic E-state index is 0.0578. The second-order valence-corrected chi connectivity index (χ2v) is 7.02. The van der Waals surface area contributed by atoms with Crippen molar-refractivity contribution in [3.63, 3.8) is 0 Å². The van der Waals surface area contributed by atoms with E-state index < -0.39 is 5.91 Å². The number of para-hydroxylation sites is 2. The van der Waals surface area contributed by atoms with Gasteiger partial charge in [-0.3, -0.25) is 9.59 Å². The molecule has 0 radical (unpaired) electrons. The number of nitriles is 1. The summed E-state index contributed by atoms with van der Waals surface area (Å²) in [5.41, 5.74) is 2.08. The van der Waals surface area contributed by atoms with Gasteiger partial charge in [-0.1, -0.05) is 66.7 Å². The second-order valence-electron chi connectivity index (χ2n) is 7.02. The monoisotopic (exact) mass is 425 g/mol. The molecule has 0 heterocycles. The number of carbonyl (C=O) groups excluding carboxylic acids is 2. The average Bonchev–Trinajstić information content (AvgIpc) is 2.83. The van der Waals surface area contributed by atoms with Gasteiger partial charge in [0, 0.05) is 11.3 Å². The van der Waals surface area contributed by atoms with Crippen molar-refractivity contribution in [2.45, 2.75) is 13.0 Å². The molecule has 1 atom stereocenters. The molecule has 6 heteroatoms. The fourth-order valence-electron chi connectivity index (χ4n) is 3.00. The second kappa shape index (κ2) is 11.1. The molecule has 0 saturated heterocycles. The maximum atomic E-state index is 12.6. The van der Waals surface area contributed by atoms with Gasteiger partial charge in [0.05, 0.1) is 6.04 Å². The molecule has 2 amide bonds. The van der Waals surface area contributed by atoms with Crippen LogP contribution in [-0.2, 0) is 9.59 Å². The van der Waals surface area contributed by atoms with Gasteiger partial charge >= 0.3 is 0 Å². The van der Waals surface area contributed by atoms with E-state index in [1.165, 1.54) is 6.08 Å². The van der Waals surface area contributed by atoms with Crippen LogP contribution in [0.15, 0.2) is 90.5 Å². The number of rotatable bonds is 8. The number of carbonyl (C=O) groups is 2. The molecule has 0 saturated carbocycles. The summed E-state index contributed by atoms with van der Waals surface area (Å²) in [6.07, 6.45) is 1.46. The Labute approximate surface area is 187 Å². The zero-order valence-electron chi connectivity index (χ0n) is 17.6. The van der Waals surface area contributed by atoms with Gasteiger partial charge < -0.3 is 15.4 Å². The third-order valence-corrected chi connectivity index (χ3v) is 4.65. The van der Waals surface area contributed by atoms with Gasteiger partial charge in [0.1, 0.15) is 17.4 Å². The van der Waals surface area contributed by atoms with Crippen LogP contribution in [0.4, 0.5) is 5.69 Å². The number of hydrogen-bond acceptors (Lipinski definition) is 4. The minimum Gasteiger partial charge on any atom is -0.483 e. The van der Waals surface area contributed by atoms with Crippen LogP contribution in [0, 0.1) is 11.3 Å². The van der Waals surface area contributed by atoms with Crippen molar-refractivity contribution < 1.29 is 14.3 Å². The first-order valence-electron chi connectivity index (χ1n) is 10.1. The molecular formula is C26H23N3O3. The SMILES string of the molecule is C[C@H](NC(=O)/C(C#N)=C\c1ccccc1OCC(=O)Nc1ccccc1)c1ccccc1. The Hall–Kier alpha value is -4.37. The van der Waals surface area contributed by atoms with Crippen LogP contribution >= 0.6 is 0 Å². The van der Waals surface area contributed by atoms with Gasteiger partial charge in [0.2, 0.25) is 0 Å². The van der Waals surface area contributed by atoms with Gasteiger partial charge in [0.25, 0.3) is 11.8 Å². The molecule has 0 aromatic heterocycles. The van der Waals surface area contributed by atoms with Crippen molar-refractivity contribution in [3.05, 3.63) is 102 Å². The Kier molecular flexibility index (Phi) is 7.77. The van der Waals surface area contributed by atoms with E-state index in [4.69, 9.17) is 4.74 Å². The molecule has 6 nitrogen and oxygen atoms in total. The van der Waals surface area contributed by atoms with E-state index >= 15 is 0 Å². The molecule has 0 bridgehead atoms. The summed E-state index contributed by atoms with van der Waals surface area (Å²) >= 11 is 0. The van der Waals surface area contributed by atoms with Crippen LogP contribution in [0.5, 0.6) is 5.75 Å². The maximum absolute atomic E-state index is 12.6. The van der Waals surface area contributed by atoms with E-state index in [0.29, 0.717) is 17.0 Å². The van der Waals surface area contributed by atoms with E-state index in [1.54, 1.807) is 36.4 Å². The third-order valence-electron chi connectivity index (χ3n) is 4.65. The molecule has 3 rings (SSSR count). The van der Waals surface area contributed by atoms with Crippen LogP contribution in [0.3, 0.4) is 0 Å². The van der Waals surface area contributed by atoms with Crippen LogP contribution in [0.2, 0.25) is 0 Å². The van der Waals surface area contributed by atoms with E-state index in [0.717, 1.165) is 5.56 Å². The third kappa shape index (κ3) is 6.31. The van der Waals surface area contributed by atoms with Gasteiger partial charge in [-0.05, 0) is 36.8 Å². The molecule has 32 heavy (non-hydrogen) atoms. The van der Waals surface area contributed by atoms with Crippen LogP contribution in [0.1, 0.15) is 24.1 Å². The highest BCUT2D eigenvalue weighted by Crippen LogP contribution is 2.22. The quantitative estimate of drug-likeness (QED) is 0.411. The van der Waals surface area contributed by atoms with Crippen molar-refractivity contribution in [2.75, 3.05) is 11.9 Å². The lowest BCUT2D eigenvalue weighted by molar-refractivity contribution is -0.118. The number of nitrogens with one attached hydrogen (secondary N) is 2. The Morgan fingerprint density at radius 3 is 2.28 bits per heavy atom. The fraction of sp³-hybridized carbons (Fsp3) is 0.115. The Morgan fingerprint density at radius 1 is 0.969 bits per heavy atom. The van der Waals surface area contributed by atoms with E-state index in [-0.39, 0.29) is 24.1 Å². The Balaban J connectivity index is 1.68. The maximum Gasteiger partial charge on any atom is 0.262 e. The zero-order chi connectivity index (χ0) is 22.8. The summed E-state index contributed by atoms with van der Waals surface area (Å²) in [7, 11) is 0. The molecule has 0 unspecified atom stereocenters. The average molecular weight is 425 g/mol. The first kappa shape index (κ1) is 22.3. The molecule has 3 aromatic rings. The molecule has 0 fully saturated rings. The Bertz CT molecular complexity index is 1140. The number of hydrogen-bond donors (Lipinski definition) is 2. The molecule has 2 N–H and O–H groups in total. The highest BCUT2D eigenvalue weighted by Gasteiger charge is 2.15. The van der Waals surface area contributed by atoms with Gasteiger partial charge in [-0.2, -0.15) is 5.26 Å². The van der Waals surface area contributed by atoms with Crippen molar-refractivity contribution >= 4 is 23.6 Å². The number of anilines is 1. The van der Waals surface area contributed by atoms with Gasteiger partial charge in [0.15, 0.2) is 6.61 Å². The number of benzene rings is 3. The molecule has 0 spiro atoms. The summed E-state index contributed by atoms with van der Waals surface area (Å²) in [4.78, 5) is 24.8. The predicted octanol–water partition coefficient (Wildman–Crippen LogP) is 4.49. The minimum atomic E-state index is -0.486. The zero-order valence-corrected chi connectivity index (χ0v) is 17.6. The summed E-state index contributed by atoms with van der Waals surface area (Å²) < 4.78 is 5.65.